The maximum Gasteiger partial charge on any atom is 0.330 e. The second-order valence-corrected chi connectivity index (χ2v) is 4.34. The molecule has 0 bridgehead atoms. The number of rotatable bonds is 3. The number of nitrogens with one attached hydrogen (secondary N) is 1. The van der Waals surface area contributed by atoms with Gasteiger partial charge in [0.15, 0.2) is 12.3 Å². The van der Waals surface area contributed by atoms with Gasteiger partial charge in [0, 0.05) is 12.3 Å². The number of carbonyl (C=O) groups excluding carboxylic acids is 1. The Morgan fingerprint density at radius 1 is 1.40 bits per heavy atom. The quantitative estimate of drug-likeness (QED) is 0.377. The Balaban J connectivity index is 2.33. The number of aliphatic hydroxyl groups excluding tert-OH is 3. The smallest absolute Gasteiger partial charge is 0.330 e. The van der Waals surface area contributed by atoms with Crippen molar-refractivity contribution in [2.24, 2.45) is 5.73 Å². The lowest BCUT2D eigenvalue weighted by Crippen LogP contribution is -2.45. The second kappa shape index (κ2) is 5.17. The van der Waals surface area contributed by atoms with E-state index < -0.39 is 47.8 Å². The van der Waals surface area contributed by atoms with Gasteiger partial charge >= 0.3 is 5.69 Å². The molecule has 1 fully saturated rings. The Morgan fingerprint density at radius 2 is 2.05 bits per heavy atom. The predicted octanol–water partition coefficient (Wildman–Crippen LogP) is -4.00. The molecule has 5 atom stereocenters. The van der Waals surface area contributed by atoms with Crippen LogP contribution < -0.4 is 17.0 Å². The molecule has 0 aromatic carbocycles. The van der Waals surface area contributed by atoms with Crippen LogP contribution in [0.2, 0.25) is 0 Å². The molecule has 1 aliphatic rings. The van der Waals surface area contributed by atoms with Crippen LogP contribution in [0.5, 0.6) is 0 Å². The van der Waals surface area contributed by atoms with E-state index in [0.29, 0.717) is 0 Å². The number of aromatic amines is 1. The largest absolute Gasteiger partial charge is 0.387 e. The summed E-state index contributed by atoms with van der Waals surface area (Å²) in [7, 11) is 0. The molecule has 0 saturated carbocycles. The molecule has 110 valence electrons. The van der Waals surface area contributed by atoms with Crippen LogP contribution in [0.1, 0.15) is 6.23 Å². The highest BCUT2D eigenvalue weighted by atomic mass is 16.6. The number of amides is 1. The molecule has 0 aliphatic carbocycles. The van der Waals surface area contributed by atoms with E-state index in [1.165, 1.54) is 0 Å². The zero-order valence-electron chi connectivity index (χ0n) is 10.0. The van der Waals surface area contributed by atoms with Gasteiger partial charge in [0.05, 0.1) is 0 Å². The molecule has 0 radical (unpaired) electrons. The molecular formula is C10H13N3O7. The molecule has 1 aliphatic heterocycles. The van der Waals surface area contributed by atoms with Gasteiger partial charge in [-0.2, -0.15) is 0 Å². The van der Waals surface area contributed by atoms with Gasteiger partial charge < -0.3 is 25.8 Å². The monoisotopic (exact) mass is 287 g/mol. The predicted molar refractivity (Wildman–Crippen MR) is 62.4 cm³/mol. The Bertz CT molecular complexity index is 624. The summed E-state index contributed by atoms with van der Waals surface area (Å²) < 4.78 is 5.93. The van der Waals surface area contributed by atoms with Crippen LogP contribution in [0.25, 0.3) is 0 Å². The molecule has 10 heteroatoms. The van der Waals surface area contributed by atoms with Gasteiger partial charge in [0.2, 0.25) is 5.91 Å². The highest BCUT2D eigenvalue weighted by Crippen LogP contribution is 2.29. The number of aromatic nitrogens is 2. The highest BCUT2D eigenvalue weighted by Gasteiger charge is 2.48. The van der Waals surface area contributed by atoms with Crippen molar-refractivity contribution in [3.63, 3.8) is 0 Å². The lowest BCUT2D eigenvalue weighted by molar-refractivity contribution is -0.140. The van der Waals surface area contributed by atoms with Gasteiger partial charge in [0.1, 0.15) is 18.3 Å². The number of nitrogens with zero attached hydrogens (tertiary/aromatic N) is 1. The van der Waals surface area contributed by atoms with E-state index >= 15 is 0 Å². The van der Waals surface area contributed by atoms with Crippen molar-refractivity contribution < 1.29 is 24.9 Å². The third kappa shape index (κ3) is 2.36. The van der Waals surface area contributed by atoms with Crippen molar-refractivity contribution >= 4 is 5.91 Å². The van der Waals surface area contributed by atoms with Gasteiger partial charge in [-0.1, -0.05) is 0 Å². The Hall–Kier alpha value is -2.01. The van der Waals surface area contributed by atoms with Crippen LogP contribution in [-0.4, -0.2) is 55.2 Å². The third-order valence-corrected chi connectivity index (χ3v) is 3.00. The maximum atomic E-state index is 11.6. The zero-order valence-corrected chi connectivity index (χ0v) is 10.0. The number of hydrogen-bond donors (Lipinski definition) is 5. The zero-order chi connectivity index (χ0) is 15.0. The first-order valence-electron chi connectivity index (χ1n) is 5.63. The fraction of sp³-hybridized carbons (Fsp3) is 0.500. The van der Waals surface area contributed by atoms with E-state index in [0.717, 1.165) is 16.8 Å². The SMILES string of the molecule is NC(=O)[C@H](O)[C@H]1O[C@@H](n2ccc(=O)[nH]c2=O)[C@H](O)[C@@H]1O. The van der Waals surface area contributed by atoms with Gasteiger partial charge in [-0.05, 0) is 0 Å². The van der Waals surface area contributed by atoms with Crippen LogP contribution in [0, 0.1) is 0 Å². The number of aliphatic hydroxyl groups is 3. The molecule has 6 N–H and O–H groups in total. The van der Waals surface area contributed by atoms with Gasteiger partial charge in [-0.3, -0.25) is 19.1 Å². The summed E-state index contributed by atoms with van der Waals surface area (Å²) in [5.41, 5.74) is 3.36. The van der Waals surface area contributed by atoms with Crippen molar-refractivity contribution in [2.75, 3.05) is 0 Å². The average Bonchev–Trinajstić information content (AvgIpc) is 2.66. The molecule has 10 nitrogen and oxygen atoms in total. The standard InChI is InChI=1S/C10H13N3O7/c11-8(18)6(17)7-4(15)5(16)9(20-7)13-2-1-3(14)12-10(13)19/h1-2,4-7,9,15-17H,(H2,11,18)(H,12,14,19)/t4-,5+,6+,7-,9+/m0/s1. The minimum absolute atomic E-state index is 0.645. The summed E-state index contributed by atoms with van der Waals surface area (Å²) in [4.78, 5) is 35.3. The molecule has 0 unspecified atom stereocenters. The first-order chi connectivity index (χ1) is 9.32. The van der Waals surface area contributed by atoms with E-state index in [4.69, 9.17) is 10.5 Å². The summed E-state index contributed by atoms with van der Waals surface area (Å²) in [5, 5.41) is 29.0. The Labute approximate surface area is 111 Å². The van der Waals surface area contributed by atoms with E-state index in [-0.39, 0.29) is 0 Å². The highest BCUT2D eigenvalue weighted by molar-refractivity contribution is 5.79. The van der Waals surface area contributed by atoms with Crippen molar-refractivity contribution in [3.05, 3.63) is 33.1 Å². The minimum atomic E-state index is -1.84. The van der Waals surface area contributed by atoms with Crippen LogP contribution in [0.4, 0.5) is 0 Å². The van der Waals surface area contributed by atoms with Gasteiger partial charge in [0.25, 0.3) is 5.56 Å². The number of primary amides is 1. The fourth-order valence-electron chi connectivity index (χ4n) is 1.97. The molecule has 2 heterocycles. The van der Waals surface area contributed by atoms with Crippen molar-refractivity contribution in [3.8, 4) is 0 Å². The molecular weight excluding hydrogens is 274 g/mol. The van der Waals surface area contributed by atoms with Gasteiger partial charge in [-0.15, -0.1) is 0 Å². The van der Waals surface area contributed by atoms with E-state index in [2.05, 4.69) is 0 Å². The lowest BCUT2D eigenvalue weighted by Gasteiger charge is -2.18. The average molecular weight is 287 g/mol. The van der Waals surface area contributed by atoms with E-state index in [1.54, 1.807) is 0 Å². The van der Waals surface area contributed by atoms with Crippen molar-refractivity contribution in [1.82, 2.24) is 9.55 Å². The summed E-state index contributed by atoms with van der Waals surface area (Å²) in [6, 6.07) is 1.02. The topological polar surface area (TPSA) is 168 Å². The number of hydrogen-bond acceptors (Lipinski definition) is 7. The fourth-order valence-corrected chi connectivity index (χ4v) is 1.97. The first kappa shape index (κ1) is 14.4. The summed E-state index contributed by atoms with van der Waals surface area (Å²) in [5.74, 6) is -1.14. The molecule has 20 heavy (non-hydrogen) atoms. The number of ether oxygens (including phenoxy) is 1. The summed E-state index contributed by atoms with van der Waals surface area (Å²) >= 11 is 0. The molecule has 0 spiro atoms. The van der Waals surface area contributed by atoms with Crippen molar-refractivity contribution in [2.45, 2.75) is 30.6 Å². The molecule has 2 rings (SSSR count). The normalized spacial score (nSPS) is 31.1. The molecule has 1 aromatic heterocycles. The van der Waals surface area contributed by atoms with Crippen LogP contribution >= 0.6 is 0 Å². The van der Waals surface area contributed by atoms with Crippen LogP contribution in [0.3, 0.4) is 0 Å². The first-order valence-corrected chi connectivity index (χ1v) is 5.63. The molecule has 1 amide bonds. The summed E-state index contributed by atoms with van der Waals surface area (Å²) in [6.07, 6.45) is -6.84. The Morgan fingerprint density at radius 3 is 2.60 bits per heavy atom. The lowest BCUT2D eigenvalue weighted by atomic mass is 10.1. The van der Waals surface area contributed by atoms with Gasteiger partial charge in [-0.25, -0.2) is 4.79 Å². The van der Waals surface area contributed by atoms with E-state index in [9.17, 15) is 29.7 Å². The summed E-state index contributed by atoms with van der Waals surface area (Å²) in [6.45, 7) is 0. The number of nitrogens with two attached hydrogens (primary N) is 1. The molecule has 1 aromatic rings. The van der Waals surface area contributed by atoms with Crippen molar-refractivity contribution in [1.29, 1.82) is 0 Å². The number of carbonyl (C=O) groups is 1. The number of H-pyrrole nitrogens is 1. The van der Waals surface area contributed by atoms with Crippen LogP contribution in [-0.2, 0) is 9.53 Å². The second-order valence-electron chi connectivity index (χ2n) is 4.34. The minimum Gasteiger partial charge on any atom is -0.387 e. The maximum absolute atomic E-state index is 11.6. The van der Waals surface area contributed by atoms with E-state index in [1.807, 2.05) is 4.98 Å². The third-order valence-electron chi connectivity index (χ3n) is 3.00. The van der Waals surface area contributed by atoms with Crippen LogP contribution in [0.15, 0.2) is 21.9 Å². The molecule has 1 saturated heterocycles. The Kier molecular flexibility index (Phi) is 3.72.